The summed E-state index contributed by atoms with van der Waals surface area (Å²) < 4.78 is 1.06. The molecule has 2 rings (SSSR count). The van der Waals surface area contributed by atoms with Gasteiger partial charge in [-0.3, -0.25) is 0 Å². The van der Waals surface area contributed by atoms with E-state index in [1.165, 1.54) is 0 Å². The van der Waals surface area contributed by atoms with Crippen LogP contribution in [0.2, 0.25) is 5.02 Å². The summed E-state index contributed by atoms with van der Waals surface area (Å²) in [5.74, 6) is 0. The van der Waals surface area contributed by atoms with Gasteiger partial charge in [0.05, 0.1) is 0 Å². The van der Waals surface area contributed by atoms with Gasteiger partial charge in [-0.15, -0.1) is 0 Å². The van der Waals surface area contributed by atoms with E-state index in [9.17, 15) is 5.11 Å². The Morgan fingerprint density at radius 2 is 1.72 bits per heavy atom. The van der Waals surface area contributed by atoms with Crippen LogP contribution in [0, 0.1) is 17.4 Å². The summed E-state index contributed by atoms with van der Waals surface area (Å²) in [6, 6.07) is 11.7. The zero-order chi connectivity index (χ0) is 13.3. The number of hydrogen-bond donors (Lipinski definition) is 1. The number of benzene rings is 2. The summed E-state index contributed by atoms with van der Waals surface area (Å²) in [5.41, 5.74) is 3.85. The highest BCUT2D eigenvalue weighted by atomic mass is 127. The first-order valence-corrected chi connectivity index (χ1v) is 7.15. The fourth-order valence-electron chi connectivity index (χ4n) is 1.96. The summed E-state index contributed by atoms with van der Waals surface area (Å²) in [4.78, 5) is 0. The predicted octanol–water partition coefficient (Wildman–Crippen LogP) is 4.64. The van der Waals surface area contributed by atoms with E-state index in [-0.39, 0.29) is 0 Å². The van der Waals surface area contributed by atoms with E-state index in [1.807, 2.05) is 50.2 Å². The minimum Gasteiger partial charge on any atom is -0.384 e. The molecule has 3 heteroatoms. The molecule has 1 atom stereocenters. The van der Waals surface area contributed by atoms with Crippen LogP contribution >= 0.6 is 34.2 Å². The van der Waals surface area contributed by atoms with Crippen LogP contribution in [0.3, 0.4) is 0 Å². The van der Waals surface area contributed by atoms with Crippen molar-refractivity contribution in [1.29, 1.82) is 0 Å². The van der Waals surface area contributed by atoms with Crippen molar-refractivity contribution in [2.75, 3.05) is 0 Å². The second-order valence-corrected chi connectivity index (χ2v) is 5.95. The Morgan fingerprint density at radius 1 is 1.06 bits per heavy atom. The molecule has 0 fully saturated rings. The number of aryl methyl sites for hydroxylation is 2. The van der Waals surface area contributed by atoms with Gasteiger partial charge in [-0.05, 0) is 70.8 Å². The summed E-state index contributed by atoms with van der Waals surface area (Å²) in [6.07, 6.45) is -0.603. The lowest BCUT2D eigenvalue weighted by atomic mass is 9.96. The van der Waals surface area contributed by atoms with Crippen molar-refractivity contribution in [1.82, 2.24) is 0 Å². The average molecular weight is 373 g/mol. The van der Waals surface area contributed by atoms with E-state index < -0.39 is 6.10 Å². The molecule has 0 amide bonds. The van der Waals surface area contributed by atoms with E-state index >= 15 is 0 Å². The maximum absolute atomic E-state index is 10.5. The normalized spacial score (nSPS) is 12.5. The third-order valence-corrected chi connectivity index (χ3v) is 4.43. The fraction of sp³-hybridized carbons (Fsp3) is 0.200. The SMILES string of the molecule is Cc1cc(C(O)c2ccccc2I)c(C)cc1Cl. The van der Waals surface area contributed by atoms with Gasteiger partial charge in [0.1, 0.15) is 6.10 Å². The second kappa shape index (κ2) is 5.59. The molecule has 18 heavy (non-hydrogen) atoms. The number of aliphatic hydroxyl groups is 1. The summed E-state index contributed by atoms with van der Waals surface area (Å²) in [6.45, 7) is 3.92. The topological polar surface area (TPSA) is 20.2 Å². The highest BCUT2D eigenvalue weighted by molar-refractivity contribution is 14.1. The van der Waals surface area contributed by atoms with E-state index in [0.29, 0.717) is 0 Å². The molecule has 0 saturated heterocycles. The van der Waals surface area contributed by atoms with Crippen molar-refractivity contribution < 1.29 is 5.11 Å². The molecule has 0 aliphatic heterocycles. The molecule has 94 valence electrons. The van der Waals surface area contributed by atoms with Gasteiger partial charge in [0.15, 0.2) is 0 Å². The second-order valence-electron chi connectivity index (χ2n) is 4.38. The van der Waals surface area contributed by atoms with Gasteiger partial charge < -0.3 is 5.11 Å². The van der Waals surface area contributed by atoms with E-state index in [2.05, 4.69) is 22.6 Å². The van der Waals surface area contributed by atoms with Crippen LogP contribution in [0.25, 0.3) is 0 Å². The molecule has 0 saturated carbocycles. The van der Waals surface area contributed by atoms with Gasteiger partial charge in [0, 0.05) is 8.59 Å². The lowest BCUT2D eigenvalue weighted by molar-refractivity contribution is 0.218. The van der Waals surface area contributed by atoms with Crippen LogP contribution in [-0.2, 0) is 0 Å². The molecule has 0 aromatic heterocycles. The molecule has 0 bridgehead atoms. The number of hydrogen-bond acceptors (Lipinski definition) is 1. The number of rotatable bonds is 2. The minimum atomic E-state index is -0.603. The van der Waals surface area contributed by atoms with Crippen LogP contribution in [0.1, 0.15) is 28.4 Å². The van der Waals surface area contributed by atoms with Crippen LogP contribution < -0.4 is 0 Å². The first-order valence-electron chi connectivity index (χ1n) is 5.70. The molecule has 0 spiro atoms. The van der Waals surface area contributed by atoms with Crippen LogP contribution in [0.4, 0.5) is 0 Å². The lowest BCUT2D eigenvalue weighted by Gasteiger charge is -2.17. The maximum atomic E-state index is 10.5. The van der Waals surface area contributed by atoms with Gasteiger partial charge in [-0.25, -0.2) is 0 Å². The first kappa shape index (κ1) is 13.8. The van der Waals surface area contributed by atoms with Gasteiger partial charge in [-0.2, -0.15) is 0 Å². The smallest absolute Gasteiger partial charge is 0.105 e. The Bertz CT molecular complexity index is 581. The maximum Gasteiger partial charge on any atom is 0.105 e. The first-order chi connectivity index (χ1) is 8.50. The lowest BCUT2D eigenvalue weighted by Crippen LogP contribution is -2.04. The zero-order valence-corrected chi connectivity index (χ0v) is 13.2. The van der Waals surface area contributed by atoms with Gasteiger partial charge >= 0.3 is 0 Å². The average Bonchev–Trinajstić information content (AvgIpc) is 2.33. The standard InChI is InChI=1S/C15H14ClIO/c1-9-8-13(16)10(2)7-12(9)15(18)11-5-3-4-6-14(11)17/h3-8,15,18H,1-2H3. The predicted molar refractivity (Wildman–Crippen MR) is 84.1 cm³/mol. The fourth-order valence-corrected chi connectivity index (χ4v) is 2.86. The molecule has 1 N–H and O–H groups in total. The monoisotopic (exact) mass is 372 g/mol. The molecule has 1 nitrogen and oxygen atoms in total. The molecule has 2 aromatic carbocycles. The Morgan fingerprint density at radius 3 is 2.39 bits per heavy atom. The van der Waals surface area contributed by atoms with Gasteiger partial charge in [0.2, 0.25) is 0 Å². The van der Waals surface area contributed by atoms with Crippen LogP contribution in [-0.4, -0.2) is 5.11 Å². The van der Waals surface area contributed by atoms with Crippen molar-refractivity contribution in [2.24, 2.45) is 0 Å². The van der Waals surface area contributed by atoms with Gasteiger partial charge in [-0.1, -0.05) is 35.9 Å². The molecule has 0 aliphatic carbocycles. The highest BCUT2D eigenvalue weighted by Gasteiger charge is 2.16. The molecular weight excluding hydrogens is 359 g/mol. The molecular formula is C15H14ClIO. The van der Waals surface area contributed by atoms with E-state index in [4.69, 9.17) is 11.6 Å². The van der Waals surface area contributed by atoms with Crippen molar-refractivity contribution in [3.8, 4) is 0 Å². The Hall–Kier alpha value is -0.580. The third kappa shape index (κ3) is 2.71. The summed E-state index contributed by atoms with van der Waals surface area (Å²) in [5, 5.41) is 11.3. The van der Waals surface area contributed by atoms with Crippen molar-refractivity contribution in [2.45, 2.75) is 20.0 Å². The largest absolute Gasteiger partial charge is 0.384 e. The van der Waals surface area contributed by atoms with E-state index in [0.717, 1.165) is 30.8 Å². The van der Waals surface area contributed by atoms with E-state index in [1.54, 1.807) is 0 Å². The van der Waals surface area contributed by atoms with Gasteiger partial charge in [0.25, 0.3) is 0 Å². The van der Waals surface area contributed by atoms with Crippen LogP contribution in [0.5, 0.6) is 0 Å². The van der Waals surface area contributed by atoms with Crippen LogP contribution in [0.15, 0.2) is 36.4 Å². The Kier molecular flexibility index (Phi) is 4.30. The summed E-state index contributed by atoms with van der Waals surface area (Å²) >= 11 is 8.33. The summed E-state index contributed by atoms with van der Waals surface area (Å²) in [7, 11) is 0. The third-order valence-electron chi connectivity index (χ3n) is 3.04. The number of halogens is 2. The molecule has 0 radical (unpaired) electrons. The quantitative estimate of drug-likeness (QED) is 0.761. The number of aliphatic hydroxyl groups excluding tert-OH is 1. The van der Waals surface area contributed by atoms with Crippen molar-refractivity contribution >= 4 is 34.2 Å². The molecule has 0 heterocycles. The molecule has 0 aliphatic rings. The molecule has 1 unspecified atom stereocenters. The highest BCUT2D eigenvalue weighted by Crippen LogP contribution is 2.31. The molecule has 2 aromatic rings. The Balaban J connectivity index is 2.50. The zero-order valence-electron chi connectivity index (χ0n) is 10.2. The van der Waals surface area contributed by atoms with Crippen molar-refractivity contribution in [3.63, 3.8) is 0 Å². The van der Waals surface area contributed by atoms with Crippen molar-refractivity contribution in [3.05, 3.63) is 67.2 Å². The minimum absolute atomic E-state index is 0.603. The Labute approximate surface area is 126 Å².